The van der Waals surface area contributed by atoms with Crippen molar-refractivity contribution < 1.29 is 13.9 Å². The number of hydrogen-bond donors (Lipinski definition) is 2. The van der Waals surface area contributed by atoms with Crippen molar-refractivity contribution >= 4 is 29.9 Å². The maximum absolute atomic E-state index is 13.6. The molecule has 0 bridgehead atoms. The van der Waals surface area contributed by atoms with Crippen LogP contribution in [0.2, 0.25) is 0 Å². The molecule has 0 saturated carbocycles. The first-order chi connectivity index (χ1) is 12.7. The molecule has 1 aromatic carbocycles. The molecule has 1 heterocycles. The third-order valence-electron chi connectivity index (χ3n) is 3.66. The minimum atomic E-state index is -0.184. The maximum atomic E-state index is 13.6. The second-order valence-corrected chi connectivity index (χ2v) is 5.54. The molecule has 0 aliphatic rings. The van der Waals surface area contributed by atoms with Crippen molar-refractivity contribution in [2.45, 2.75) is 13.0 Å². The zero-order chi connectivity index (χ0) is 18.6. The predicted molar refractivity (Wildman–Crippen MR) is 115 cm³/mol. The number of benzene rings is 1. The van der Waals surface area contributed by atoms with Gasteiger partial charge in [-0.25, -0.2) is 9.37 Å². The number of halogens is 2. The molecule has 27 heavy (non-hydrogen) atoms. The number of rotatable bonds is 9. The number of pyridine rings is 1. The van der Waals surface area contributed by atoms with Gasteiger partial charge in [0.2, 0.25) is 5.88 Å². The van der Waals surface area contributed by atoms with Gasteiger partial charge < -0.3 is 20.1 Å². The molecular formula is C19H26FIN4O2. The number of nitrogens with one attached hydrogen (secondary N) is 2. The third kappa shape index (κ3) is 8.53. The number of ether oxygens (including phenoxy) is 2. The van der Waals surface area contributed by atoms with Gasteiger partial charge in [0.1, 0.15) is 12.4 Å². The van der Waals surface area contributed by atoms with E-state index in [1.807, 2.05) is 18.2 Å². The Morgan fingerprint density at radius 1 is 1.15 bits per heavy atom. The van der Waals surface area contributed by atoms with Crippen molar-refractivity contribution in [3.63, 3.8) is 0 Å². The molecule has 2 aromatic rings. The normalized spacial score (nSPS) is 10.9. The average Bonchev–Trinajstić information content (AvgIpc) is 2.67. The first kappa shape index (κ1) is 23.1. The molecule has 2 rings (SSSR count). The second kappa shape index (κ2) is 13.3. The van der Waals surface area contributed by atoms with Crippen molar-refractivity contribution in [2.75, 3.05) is 33.9 Å². The van der Waals surface area contributed by atoms with E-state index < -0.39 is 0 Å². The zero-order valence-corrected chi connectivity index (χ0v) is 17.9. The highest BCUT2D eigenvalue weighted by Crippen LogP contribution is 2.08. The molecule has 0 saturated heterocycles. The molecule has 0 aliphatic carbocycles. The third-order valence-corrected chi connectivity index (χ3v) is 3.66. The van der Waals surface area contributed by atoms with Crippen LogP contribution in [0.1, 0.15) is 11.1 Å². The lowest BCUT2D eigenvalue weighted by Crippen LogP contribution is -2.37. The van der Waals surface area contributed by atoms with Gasteiger partial charge in [0.15, 0.2) is 5.96 Å². The quantitative estimate of drug-likeness (QED) is 0.246. The van der Waals surface area contributed by atoms with Crippen LogP contribution in [0.3, 0.4) is 0 Å². The second-order valence-electron chi connectivity index (χ2n) is 5.54. The van der Waals surface area contributed by atoms with E-state index in [0.717, 1.165) is 5.56 Å². The van der Waals surface area contributed by atoms with Crippen LogP contribution in [-0.2, 0) is 17.7 Å². The lowest BCUT2D eigenvalue weighted by Gasteiger charge is -2.12. The highest BCUT2D eigenvalue weighted by molar-refractivity contribution is 14.0. The van der Waals surface area contributed by atoms with Crippen LogP contribution in [0.25, 0.3) is 0 Å². The van der Waals surface area contributed by atoms with E-state index in [9.17, 15) is 4.39 Å². The van der Waals surface area contributed by atoms with E-state index in [-0.39, 0.29) is 29.8 Å². The van der Waals surface area contributed by atoms with Crippen LogP contribution >= 0.6 is 24.0 Å². The molecule has 8 heteroatoms. The Bertz CT molecular complexity index is 698. The van der Waals surface area contributed by atoms with Crippen molar-refractivity contribution in [1.29, 1.82) is 0 Å². The number of aliphatic imine (C=N–C) groups is 1. The minimum absolute atomic E-state index is 0. The van der Waals surface area contributed by atoms with Crippen LogP contribution in [0.15, 0.2) is 47.6 Å². The van der Waals surface area contributed by atoms with E-state index in [1.165, 1.54) is 6.07 Å². The van der Waals surface area contributed by atoms with Crippen LogP contribution in [0, 0.1) is 5.82 Å². The summed E-state index contributed by atoms with van der Waals surface area (Å²) in [5.41, 5.74) is 1.69. The maximum Gasteiger partial charge on any atom is 0.213 e. The average molecular weight is 488 g/mol. The van der Waals surface area contributed by atoms with Crippen molar-refractivity contribution in [2.24, 2.45) is 4.99 Å². The summed E-state index contributed by atoms with van der Waals surface area (Å²) in [6, 6.07) is 10.5. The molecule has 0 spiro atoms. The Balaban J connectivity index is 0.00000364. The Morgan fingerprint density at radius 2 is 1.96 bits per heavy atom. The summed E-state index contributed by atoms with van der Waals surface area (Å²) in [5, 5.41) is 6.38. The number of methoxy groups -OCH3 is 1. The molecule has 0 unspecified atom stereocenters. The fourth-order valence-electron chi connectivity index (χ4n) is 2.25. The summed E-state index contributed by atoms with van der Waals surface area (Å²) < 4.78 is 24.0. The summed E-state index contributed by atoms with van der Waals surface area (Å²) in [6.45, 7) is 2.16. The first-order valence-corrected chi connectivity index (χ1v) is 8.47. The van der Waals surface area contributed by atoms with E-state index in [1.54, 1.807) is 32.5 Å². The number of aromatic nitrogens is 1. The Hall–Kier alpha value is -1.94. The van der Waals surface area contributed by atoms with Gasteiger partial charge in [-0.3, -0.25) is 4.99 Å². The number of hydrogen-bond acceptors (Lipinski definition) is 4. The van der Waals surface area contributed by atoms with Gasteiger partial charge in [-0.05, 0) is 23.6 Å². The monoisotopic (exact) mass is 488 g/mol. The lowest BCUT2D eigenvalue weighted by atomic mass is 10.1. The molecule has 0 aliphatic heterocycles. The summed E-state index contributed by atoms with van der Waals surface area (Å²) in [7, 11) is 3.33. The zero-order valence-electron chi connectivity index (χ0n) is 15.6. The SMILES string of the molecule is CN=C(NCCc1ccccc1F)NCc1ccc(OCCOC)nc1.I. The highest BCUT2D eigenvalue weighted by Gasteiger charge is 2.03. The van der Waals surface area contributed by atoms with Crippen LogP contribution < -0.4 is 15.4 Å². The van der Waals surface area contributed by atoms with Crippen molar-refractivity contribution in [1.82, 2.24) is 15.6 Å². The van der Waals surface area contributed by atoms with Crippen LogP contribution in [0.5, 0.6) is 5.88 Å². The van der Waals surface area contributed by atoms with Gasteiger partial charge >= 0.3 is 0 Å². The topological polar surface area (TPSA) is 67.8 Å². The standard InChI is InChI=1S/C19H25FN4O2.HI/c1-21-19(22-10-9-16-5-3-4-6-17(16)20)24-14-15-7-8-18(23-13-15)26-12-11-25-2;/h3-8,13H,9-12,14H2,1-2H3,(H2,21,22,24);1H. The number of guanidine groups is 1. The van der Waals surface area contributed by atoms with Gasteiger partial charge in [-0.15, -0.1) is 24.0 Å². The molecular weight excluding hydrogens is 462 g/mol. The molecule has 0 atom stereocenters. The molecule has 148 valence electrons. The fraction of sp³-hybridized carbons (Fsp3) is 0.368. The smallest absolute Gasteiger partial charge is 0.213 e. The molecule has 0 amide bonds. The highest BCUT2D eigenvalue weighted by atomic mass is 127. The van der Waals surface area contributed by atoms with Crippen molar-refractivity contribution in [3.8, 4) is 5.88 Å². The Morgan fingerprint density at radius 3 is 2.63 bits per heavy atom. The van der Waals surface area contributed by atoms with Gasteiger partial charge in [0.05, 0.1) is 6.61 Å². The predicted octanol–water partition coefficient (Wildman–Crippen LogP) is 2.77. The van der Waals surface area contributed by atoms with Crippen LogP contribution in [0.4, 0.5) is 4.39 Å². The van der Waals surface area contributed by atoms with Gasteiger partial charge in [-0.2, -0.15) is 0 Å². The molecule has 2 N–H and O–H groups in total. The molecule has 6 nitrogen and oxygen atoms in total. The van der Waals surface area contributed by atoms with E-state index in [0.29, 0.717) is 50.1 Å². The summed E-state index contributed by atoms with van der Waals surface area (Å²) in [5.74, 6) is 1.04. The van der Waals surface area contributed by atoms with Crippen LogP contribution in [-0.4, -0.2) is 44.9 Å². The van der Waals surface area contributed by atoms with Gasteiger partial charge in [0, 0.05) is 39.5 Å². The summed E-state index contributed by atoms with van der Waals surface area (Å²) >= 11 is 0. The van der Waals surface area contributed by atoms with Gasteiger partial charge in [-0.1, -0.05) is 24.3 Å². The van der Waals surface area contributed by atoms with Crippen molar-refractivity contribution in [3.05, 3.63) is 59.5 Å². The molecule has 0 radical (unpaired) electrons. The lowest BCUT2D eigenvalue weighted by molar-refractivity contribution is 0.143. The summed E-state index contributed by atoms with van der Waals surface area (Å²) in [4.78, 5) is 8.41. The van der Waals surface area contributed by atoms with E-state index in [4.69, 9.17) is 9.47 Å². The first-order valence-electron chi connectivity index (χ1n) is 8.47. The summed E-state index contributed by atoms with van der Waals surface area (Å²) in [6.07, 6.45) is 2.34. The van der Waals surface area contributed by atoms with E-state index in [2.05, 4.69) is 20.6 Å². The van der Waals surface area contributed by atoms with Gasteiger partial charge in [0.25, 0.3) is 0 Å². The molecule has 1 aromatic heterocycles. The number of nitrogens with zero attached hydrogens (tertiary/aromatic N) is 2. The largest absolute Gasteiger partial charge is 0.475 e. The Labute approximate surface area is 176 Å². The fourth-order valence-corrected chi connectivity index (χ4v) is 2.25. The Kier molecular flexibility index (Phi) is 11.3. The minimum Gasteiger partial charge on any atom is -0.475 e. The van der Waals surface area contributed by atoms with E-state index >= 15 is 0 Å². The molecule has 0 fully saturated rings.